The predicted molar refractivity (Wildman–Crippen MR) is 73.2 cm³/mol. The molecule has 2 unspecified atom stereocenters. The first-order valence-corrected chi connectivity index (χ1v) is 7.18. The molecule has 18 heavy (non-hydrogen) atoms. The minimum atomic E-state index is 0.478. The summed E-state index contributed by atoms with van der Waals surface area (Å²) in [6, 6.07) is 1.02. The first-order chi connectivity index (χ1) is 8.54. The number of nitrogens with one attached hydrogen (secondary N) is 1. The molecule has 0 spiro atoms. The Kier molecular flexibility index (Phi) is 4.38. The molecule has 0 amide bonds. The van der Waals surface area contributed by atoms with Crippen LogP contribution in [0.25, 0.3) is 0 Å². The summed E-state index contributed by atoms with van der Waals surface area (Å²) in [6.07, 6.45) is 5.75. The van der Waals surface area contributed by atoms with Gasteiger partial charge in [-0.1, -0.05) is 27.7 Å². The molecule has 0 saturated heterocycles. The monoisotopic (exact) mass is 250 g/mol. The van der Waals surface area contributed by atoms with Crippen molar-refractivity contribution in [1.82, 2.24) is 20.1 Å². The molecule has 2 atom stereocenters. The molecule has 2 rings (SSSR count). The van der Waals surface area contributed by atoms with Crippen LogP contribution in [-0.2, 0) is 6.54 Å². The Hall–Kier alpha value is -0.900. The van der Waals surface area contributed by atoms with Crippen molar-refractivity contribution in [2.75, 3.05) is 0 Å². The lowest BCUT2D eigenvalue weighted by Gasteiger charge is -2.31. The maximum Gasteiger partial charge on any atom is 0.164 e. The van der Waals surface area contributed by atoms with Crippen molar-refractivity contribution >= 4 is 0 Å². The van der Waals surface area contributed by atoms with Crippen LogP contribution >= 0.6 is 0 Å². The molecule has 1 aromatic heterocycles. The van der Waals surface area contributed by atoms with Crippen LogP contribution in [0.3, 0.4) is 0 Å². The number of nitrogens with zero attached hydrogens (tertiary/aromatic N) is 3. The molecule has 1 aliphatic rings. The fourth-order valence-electron chi connectivity index (χ4n) is 2.98. The second kappa shape index (κ2) is 5.83. The zero-order chi connectivity index (χ0) is 13.1. The van der Waals surface area contributed by atoms with Gasteiger partial charge in [0.1, 0.15) is 6.33 Å². The van der Waals surface area contributed by atoms with E-state index in [0.29, 0.717) is 12.1 Å². The van der Waals surface area contributed by atoms with Gasteiger partial charge in [0, 0.05) is 6.04 Å². The van der Waals surface area contributed by atoms with Crippen molar-refractivity contribution in [3.8, 4) is 0 Å². The molecular weight excluding hydrogens is 224 g/mol. The maximum absolute atomic E-state index is 4.62. The number of hydrogen-bond donors (Lipinski definition) is 1. The molecule has 1 fully saturated rings. The lowest BCUT2D eigenvalue weighted by atomic mass is 9.80. The zero-order valence-electron chi connectivity index (χ0n) is 12.1. The Morgan fingerprint density at radius 3 is 2.56 bits per heavy atom. The normalized spacial score (nSPS) is 28.8. The van der Waals surface area contributed by atoms with Gasteiger partial charge in [0.05, 0.1) is 12.6 Å². The quantitative estimate of drug-likeness (QED) is 0.893. The van der Waals surface area contributed by atoms with Gasteiger partial charge in [0.2, 0.25) is 0 Å². The Morgan fingerprint density at radius 2 is 1.94 bits per heavy atom. The minimum Gasteiger partial charge on any atom is -0.308 e. The van der Waals surface area contributed by atoms with Crippen molar-refractivity contribution in [1.29, 1.82) is 0 Å². The largest absolute Gasteiger partial charge is 0.308 e. The van der Waals surface area contributed by atoms with Crippen LogP contribution in [0.1, 0.15) is 58.8 Å². The standard InChI is InChI=1S/C14H26N4/c1-10(2)15-8-14-16-9-18(17-14)13-6-11(3)5-12(4)7-13/h9-13,15H,5-8H2,1-4H3. The van der Waals surface area contributed by atoms with E-state index in [9.17, 15) is 0 Å². The second-order valence-electron chi connectivity index (χ2n) is 6.25. The highest BCUT2D eigenvalue weighted by molar-refractivity contribution is 4.86. The topological polar surface area (TPSA) is 42.7 Å². The molecule has 0 bridgehead atoms. The lowest BCUT2D eigenvalue weighted by molar-refractivity contribution is 0.209. The Labute approximate surface area is 110 Å². The second-order valence-corrected chi connectivity index (χ2v) is 6.25. The summed E-state index contributed by atoms with van der Waals surface area (Å²) in [6.45, 7) is 9.74. The van der Waals surface area contributed by atoms with Gasteiger partial charge in [-0.25, -0.2) is 9.67 Å². The van der Waals surface area contributed by atoms with Crippen molar-refractivity contribution in [3.05, 3.63) is 12.2 Å². The van der Waals surface area contributed by atoms with E-state index in [0.717, 1.165) is 24.2 Å². The Bertz CT molecular complexity index is 362. The number of aromatic nitrogens is 3. The molecule has 4 heteroatoms. The highest BCUT2D eigenvalue weighted by Gasteiger charge is 2.25. The van der Waals surface area contributed by atoms with Crippen LogP contribution in [0.2, 0.25) is 0 Å². The van der Waals surface area contributed by atoms with Gasteiger partial charge >= 0.3 is 0 Å². The highest BCUT2D eigenvalue weighted by atomic mass is 15.3. The van der Waals surface area contributed by atoms with Crippen molar-refractivity contribution in [3.63, 3.8) is 0 Å². The summed E-state index contributed by atoms with van der Waals surface area (Å²) in [5.74, 6) is 2.52. The zero-order valence-corrected chi connectivity index (χ0v) is 12.1. The smallest absolute Gasteiger partial charge is 0.164 e. The fraction of sp³-hybridized carbons (Fsp3) is 0.857. The van der Waals surface area contributed by atoms with Gasteiger partial charge in [-0.3, -0.25) is 0 Å². The van der Waals surface area contributed by atoms with E-state index in [1.165, 1.54) is 19.3 Å². The van der Waals surface area contributed by atoms with E-state index >= 15 is 0 Å². The van der Waals surface area contributed by atoms with E-state index in [2.05, 4.69) is 47.8 Å². The van der Waals surface area contributed by atoms with Gasteiger partial charge in [-0.05, 0) is 31.1 Å². The van der Waals surface area contributed by atoms with Gasteiger partial charge in [-0.15, -0.1) is 0 Å². The van der Waals surface area contributed by atoms with Gasteiger partial charge in [0.25, 0.3) is 0 Å². The number of hydrogen-bond acceptors (Lipinski definition) is 3. The summed E-state index contributed by atoms with van der Waals surface area (Å²) in [5.41, 5.74) is 0. The summed E-state index contributed by atoms with van der Waals surface area (Å²) in [7, 11) is 0. The summed E-state index contributed by atoms with van der Waals surface area (Å²) in [4.78, 5) is 4.40. The van der Waals surface area contributed by atoms with Gasteiger partial charge in [0.15, 0.2) is 5.82 Å². The van der Waals surface area contributed by atoms with Crippen LogP contribution in [-0.4, -0.2) is 20.8 Å². The third-order valence-electron chi connectivity index (χ3n) is 3.75. The predicted octanol–water partition coefficient (Wildman–Crippen LogP) is 2.77. The highest BCUT2D eigenvalue weighted by Crippen LogP contribution is 2.35. The Balaban J connectivity index is 1.96. The van der Waals surface area contributed by atoms with E-state index in [1.54, 1.807) is 0 Å². The molecule has 1 heterocycles. The summed E-state index contributed by atoms with van der Waals surface area (Å²) >= 11 is 0. The molecule has 0 radical (unpaired) electrons. The van der Waals surface area contributed by atoms with Crippen molar-refractivity contribution < 1.29 is 0 Å². The van der Waals surface area contributed by atoms with Crippen LogP contribution < -0.4 is 5.32 Å². The number of rotatable bonds is 4. The molecule has 102 valence electrons. The Morgan fingerprint density at radius 1 is 1.28 bits per heavy atom. The van der Waals surface area contributed by atoms with E-state index in [1.807, 2.05) is 6.33 Å². The molecular formula is C14H26N4. The molecule has 4 nitrogen and oxygen atoms in total. The molecule has 1 aromatic rings. The molecule has 1 saturated carbocycles. The van der Waals surface area contributed by atoms with E-state index in [4.69, 9.17) is 0 Å². The fourth-order valence-corrected chi connectivity index (χ4v) is 2.98. The average molecular weight is 250 g/mol. The summed E-state index contributed by atoms with van der Waals surface area (Å²) < 4.78 is 2.09. The molecule has 1 N–H and O–H groups in total. The van der Waals surface area contributed by atoms with Gasteiger partial charge < -0.3 is 5.32 Å². The van der Waals surface area contributed by atoms with Crippen LogP contribution in [0, 0.1) is 11.8 Å². The SMILES string of the molecule is CC1CC(C)CC(n2cnc(CNC(C)C)n2)C1. The lowest BCUT2D eigenvalue weighted by Crippen LogP contribution is -2.24. The van der Waals surface area contributed by atoms with Gasteiger partial charge in [-0.2, -0.15) is 5.10 Å². The van der Waals surface area contributed by atoms with Crippen LogP contribution in [0.5, 0.6) is 0 Å². The van der Waals surface area contributed by atoms with Crippen molar-refractivity contribution in [2.45, 2.75) is 65.6 Å². The van der Waals surface area contributed by atoms with E-state index in [-0.39, 0.29) is 0 Å². The minimum absolute atomic E-state index is 0.478. The molecule has 0 aromatic carbocycles. The molecule has 0 aliphatic heterocycles. The summed E-state index contributed by atoms with van der Waals surface area (Å²) in [5, 5.41) is 7.98. The van der Waals surface area contributed by atoms with Crippen molar-refractivity contribution in [2.24, 2.45) is 11.8 Å². The third-order valence-corrected chi connectivity index (χ3v) is 3.75. The first kappa shape index (κ1) is 13.5. The first-order valence-electron chi connectivity index (χ1n) is 7.18. The van der Waals surface area contributed by atoms with Crippen LogP contribution in [0.4, 0.5) is 0 Å². The third kappa shape index (κ3) is 3.55. The van der Waals surface area contributed by atoms with Crippen LogP contribution in [0.15, 0.2) is 6.33 Å². The van der Waals surface area contributed by atoms with E-state index < -0.39 is 0 Å². The maximum atomic E-state index is 4.62. The average Bonchev–Trinajstić information content (AvgIpc) is 2.73. The molecule has 1 aliphatic carbocycles.